The Morgan fingerprint density at radius 2 is 1.89 bits per heavy atom. The summed E-state index contributed by atoms with van der Waals surface area (Å²) in [5, 5.41) is 5.96. The number of ether oxygens (including phenoxy) is 2. The molecule has 6 nitrogen and oxygen atoms in total. The Morgan fingerprint density at radius 3 is 2.57 bits per heavy atom. The SMILES string of the molecule is CCCCCC1=NN(c2ccccn2)C(=O)C1=Cc1ccc(OC)c(OC)c1. The van der Waals surface area contributed by atoms with Crippen LogP contribution < -0.4 is 14.5 Å². The second-order valence-corrected chi connectivity index (χ2v) is 6.48. The zero-order valence-corrected chi connectivity index (χ0v) is 16.5. The van der Waals surface area contributed by atoms with E-state index in [9.17, 15) is 4.79 Å². The van der Waals surface area contributed by atoms with E-state index in [-0.39, 0.29) is 5.91 Å². The summed E-state index contributed by atoms with van der Waals surface area (Å²) < 4.78 is 10.7. The summed E-state index contributed by atoms with van der Waals surface area (Å²) in [6.07, 6.45) is 7.47. The molecule has 146 valence electrons. The molecule has 2 heterocycles. The molecule has 0 unspecified atom stereocenters. The number of anilines is 1. The van der Waals surface area contributed by atoms with Gasteiger partial charge in [-0.1, -0.05) is 31.9 Å². The summed E-state index contributed by atoms with van der Waals surface area (Å²) >= 11 is 0. The third-order valence-corrected chi connectivity index (χ3v) is 4.56. The Bertz CT molecular complexity index is 891. The summed E-state index contributed by atoms with van der Waals surface area (Å²) in [7, 11) is 3.19. The first-order chi connectivity index (χ1) is 13.7. The summed E-state index contributed by atoms with van der Waals surface area (Å²) in [5.41, 5.74) is 2.24. The molecule has 1 aromatic heterocycles. The maximum atomic E-state index is 13.1. The highest BCUT2D eigenvalue weighted by atomic mass is 16.5. The topological polar surface area (TPSA) is 64.0 Å². The molecule has 0 spiro atoms. The van der Waals surface area contributed by atoms with E-state index in [1.807, 2.05) is 36.4 Å². The lowest BCUT2D eigenvalue weighted by atomic mass is 10.0. The Hall–Kier alpha value is -3.15. The van der Waals surface area contributed by atoms with Gasteiger partial charge in [0.1, 0.15) is 0 Å². The second kappa shape index (κ2) is 9.17. The molecule has 0 atom stereocenters. The molecule has 1 aromatic carbocycles. The van der Waals surface area contributed by atoms with Gasteiger partial charge < -0.3 is 9.47 Å². The zero-order chi connectivity index (χ0) is 19.9. The van der Waals surface area contributed by atoms with Gasteiger partial charge in [-0.15, -0.1) is 0 Å². The number of hydrogen-bond acceptors (Lipinski definition) is 5. The largest absolute Gasteiger partial charge is 0.493 e. The van der Waals surface area contributed by atoms with E-state index >= 15 is 0 Å². The van der Waals surface area contributed by atoms with Crippen LogP contribution in [0, 0.1) is 0 Å². The number of unbranched alkanes of at least 4 members (excludes halogenated alkanes) is 2. The van der Waals surface area contributed by atoms with Crippen LogP contribution in [0.2, 0.25) is 0 Å². The van der Waals surface area contributed by atoms with E-state index in [0.717, 1.165) is 37.0 Å². The minimum absolute atomic E-state index is 0.167. The van der Waals surface area contributed by atoms with Crippen LogP contribution in [0.1, 0.15) is 38.2 Å². The summed E-state index contributed by atoms with van der Waals surface area (Å²) in [5.74, 6) is 1.62. The van der Waals surface area contributed by atoms with Crippen molar-refractivity contribution in [3.63, 3.8) is 0 Å². The highest BCUT2D eigenvalue weighted by molar-refractivity contribution is 6.32. The number of pyridine rings is 1. The van der Waals surface area contributed by atoms with Crippen LogP contribution in [-0.2, 0) is 4.79 Å². The molecule has 1 amide bonds. The van der Waals surface area contributed by atoms with Gasteiger partial charge in [-0.2, -0.15) is 10.1 Å². The van der Waals surface area contributed by atoms with Gasteiger partial charge in [0.2, 0.25) is 0 Å². The van der Waals surface area contributed by atoms with Gasteiger partial charge in [-0.25, -0.2) is 4.98 Å². The average molecular weight is 379 g/mol. The highest BCUT2D eigenvalue weighted by Crippen LogP contribution is 2.30. The average Bonchev–Trinajstić information content (AvgIpc) is 3.04. The van der Waals surface area contributed by atoms with Crippen LogP contribution in [0.4, 0.5) is 5.82 Å². The van der Waals surface area contributed by atoms with Crippen LogP contribution in [0.15, 0.2) is 53.3 Å². The highest BCUT2D eigenvalue weighted by Gasteiger charge is 2.31. The monoisotopic (exact) mass is 379 g/mol. The van der Waals surface area contributed by atoms with Crippen molar-refractivity contribution in [3.05, 3.63) is 53.7 Å². The molecule has 0 radical (unpaired) electrons. The Kier molecular flexibility index (Phi) is 6.42. The number of hydrogen-bond donors (Lipinski definition) is 0. The third-order valence-electron chi connectivity index (χ3n) is 4.56. The van der Waals surface area contributed by atoms with Crippen molar-refractivity contribution in [1.82, 2.24) is 4.98 Å². The Labute approximate surface area is 165 Å². The van der Waals surface area contributed by atoms with Gasteiger partial charge in [0, 0.05) is 6.20 Å². The molecule has 1 aliphatic heterocycles. The minimum Gasteiger partial charge on any atom is -0.493 e. The predicted octanol–water partition coefficient (Wildman–Crippen LogP) is 4.47. The van der Waals surface area contributed by atoms with Crippen LogP contribution in [0.5, 0.6) is 11.5 Å². The van der Waals surface area contributed by atoms with E-state index < -0.39 is 0 Å². The quantitative estimate of drug-likeness (QED) is 0.502. The molecule has 2 aromatic rings. The molecule has 0 saturated heterocycles. The van der Waals surface area contributed by atoms with Crippen molar-refractivity contribution >= 4 is 23.5 Å². The number of carbonyl (C=O) groups is 1. The van der Waals surface area contributed by atoms with Gasteiger partial charge in [-0.3, -0.25) is 4.79 Å². The fraction of sp³-hybridized carbons (Fsp3) is 0.318. The van der Waals surface area contributed by atoms with E-state index in [0.29, 0.717) is 22.9 Å². The Balaban J connectivity index is 1.96. The number of carbonyl (C=O) groups excluding carboxylic acids is 1. The fourth-order valence-corrected chi connectivity index (χ4v) is 3.07. The van der Waals surface area contributed by atoms with E-state index in [1.54, 1.807) is 26.5 Å². The lowest BCUT2D eigenvalue weighted by molar-refractivity contribution is -0.114. The minimum atomic E-state index is -0.167. The number of methoxy groups -OCH3 is 2. The van der Waals surface area contributed by atoms with Crippen molar-refractivity contribution in [2.75, 3.05) is 19.2 Å². The van der Waals surface area contributed by atoms with Crippen LogP contribution in [0.3, 0.4) is 0 Å². The molecule has 1 aliphatic rings. The molecule has 0 saturated carbocycles. The molecule has 28 heavy (non-hydrogen) atoms. The van der Waals surface area contributed by atoms with Crippen molar-refractivity contribution in [3.8, 4) is 11.5 Å². The normalized spacial score (nSPS) is 15.1. The van der Waals surface area contributed by atoms with E-state index in [1.165, 1.54) is 5.01 Å². The first-order valence-corrected chi connectivity index (χ1v) is 9.45. The number of hydrazone groups is 1. The van der Waals surface area contributed by atoms with Gasteiger partial charge in [0.15, 0.2) is 17.3 Å². The molecule has 0 bridgehead atoms. The zero-order valence-electron chi connectivity index (χ0n) is 16.5. The number of benzene rings is 1. The van der Waals surface area contributed by atoms with Crippen LogP contribution >= 0.6 is 0 Å². The number of rotatable bonds is 8. The second-order valence-electron chi connectivity index (χ2n) is 6.48. The molecule has 0 N–H and O–H groups in total. The Morgan fingerprint density at radius 1 is 1.07 bits per heavy atom. The van der Waals surface area contributed by atoms with E-state index in [4.69, 9.17) is 9.47 Å². The first-order valence-electron chi connectivity index (χ1n) is 9.45. The molecule has 3 rings (SSSR count). The summed E-state index contributed by atoms with van der Waals surface area (Å²) in [6, 6.07) is 11.0. The van der Waals surface area contributed by atoms with E-state index in [2.05, 4.69) is 17.0 Å². The van der Waals surface area contributed by atoms with Crippen LogP contribution in [-0.4, -0.2) is 30.8 Å². The first kappa shape index (κ1) is 19.6. The summed E-state index contributed by atoms with van der Waals surface area (Å²) in [4.78, 5) is 17.3. The number of nitrogens with zero attached hydrogens (tertiary/aromatic N) is 3. The lowest BCUT2D eigenvalue weighted by Gasteiger charge is -2.10. The van der Waals surface area contributed by atoms with Crippen molar-refractivity contribution < 1.29 is 14.3 Å². The predicted molar refractivity (Wildman–Crippen MR) is 111 cm³/mol. The van der Waals surface area contributed by atoms with Gasteiger partial charge in [-0.05, 0) is 48.7 Å². The van der Waals surface area contributed by atoms with Gasteiger partial charge in [0.25, 0.3) is 5.91 Å². The number of aromatic nitrogens is 1. The molecule has 6 heteroatoms. The molecular formula is C22H25N3O3. The standard InChI is InChI=1S/C22H25N3O3/c1-4-5-6-9-18-17(14-16-11-12-19(27-2)20(15-16)28-3)22(26)25(24-18)21-10-7-8-13-23-21/h7-8,10-15H,4-6,9H2,1-3H3. The number of amides is 1. The van der Waals surface area contributed by atoms with Crippen LogP contribution in [0.25, 0.3) is 6.08 Å². The maximum absolute atomic E-state index is 13.1. The van der Waals surface area contributed by atoms with Crippen molar-refractivity contribution in [2.24, 2.45) is 5.10 Å². The van der Waals surface area contributed by atoms with Crippen molar-refractivity contribution in [1.29, 1.82) is 0 Å². The molecule has 0 aliphatic carbocycles. The summed E-state index contributed by atoms with van der Waals surface area (Å²) in [6.45, 7) is 2.15. The fourth-order valence-electron chi connectivity index (χ4n) is 3.07. The van der Waals surface area contributed by atoms with Crippen molar-refractivity contribution in [2.45, 2.75) is 32.6 Å². The maximum Gasteiger partial charge on any atom is 0.282 e. The molecular weight excluding hydrogens is 354 g/mol. The van der Waals surface area contributed by atoms with Gasteiger partial charge >= 0.3 is 0 Å². The van der Waals surface area contributed by atoms with Gasteiger partial charge in [0.05, 0.1) is 25.5 Å². The lowest BCUT2D eigenvalue weighted by Crippen LogP contribution is -2.22. The molecule has 0 fully saturated rings. The third kappa shape index (κ3) is 4.22. The smallest absolute Gasteiger partial charge is 0.282 e.